The lowest BCUT2D eigenvalue weighted by Gasteiger charge is -2.39. The lowest BCUT2D eigenvalue weighted by Crippen LogP contribution is -2.48. The minimum Gasteiger partial charge on any atom is -0.496 e. The van der Waals surface area contributed by atoms with Crippen LogP contribution in [-0.2, 0) is 4.74 Å². The Kier molecular flexibility index (Phi) is 6.26. The summed E-state index contributed by atoms with van der Waals surface area (Å²) in [6, 6.07) is 9.77. The molecule has 0 amide bonds. The molecule has 0 radical (unpaired) electrons. The third-order valence-corrected chi connectivity index (χ3v) is 5.97. The van der Waals surface area contributed by atoms with E-state index in [1.54, 1.807) is 7.11 Å². The van der Waals surface area contributed by atoms with E-state index in [2.05, 4.69) is 34.7 Å². The lowest BCUT2D eigenvalue weighted by molar-refractivity contribution is -0.0720. The number of nitrogens with zero attached hydrogens (tertiary/aromatic N) is 4. The summed E-state index contributed by atoms with van der Waals surface area (Å²) in [6.07, 6.45) is 2.76. The smallest absolute Gasteiger partial charge is 0.235 e. The fourth-order valence-electron chi connectivity index (χ4n) is 4.65. The Morgan fingerprint density at radius 3 is 2.53 bits per heavy atom. The van der Waals surface area contributed by atoms with Gasteiger partial charge in [-0.1, -0.05) is 12.1 Å². The van der Waals surface area contributed by atoms with E-state index in [1.807, 2.05) is 24.3 Å². The van der Waals surface area contributed by atoms with Gasteiger partial charge in [0.1, 0.15) is 11.8 Å². The fourth-order valence-corrected chi connectivity index (χ4v) is 4.65. The van der Waals surface area contributed by atoms with E-state index < -0.39 is 0 Å². The molecule has 2 unspecified atom stereocenters. The third-order valence-electron chi connectivity index (χ3n) is 5.97. The molecule has 2 aliphatic heterocycles. The molecule has 1 aromatic heterocycles. The molecule has 0 spiro atoms. The van der Waals surface area contributed by atoms with Crippen LogP contribution in [-0.4, -0.2) is 61.9 Å². The number of hydrogen-bond donors (Lipinski definition) is 0. The zero-order valence-electron chi connectivity index (χ0n) is 18.0. The van der Waals surface area contributed by atoms with Gasteiger partial charge in [0, 0.05) is 32.7 Å². The van der Waals surface area contributed by atoms with Gasteiger partial charge in [-0.2, -0.15) is 10.2 Å². The van der Waals surface area contributed by atoms with Crippen LogP contribution in [0.1, 0.15) is 32.4 Å². The first-order chi connectivity index (χ1) is 14.6. The van der Waals surface area contributed by atoms with Gasteiger partial charge < -0.3 is 18.8 Å². The van der Waals surface area contributed by atoms with E-state index in [-0.39, 0.29) is 0 Å². The van der Waals surface area contributed by atoms with Gasteiger partial charge in [-0.25, -0.2) is 0 Å². The van der Waals surface area contributed by atoms with E-state index in [1.165, 1.54) is 0 Å². The molecule has 2 saturated heterocycles. The molecule has 4 rings (SSSR count). The Hall–Kier alpha value is -2.56. The van der Waals surface area contributed by atoms with Crippen LogP contribution < -0.4 is 9.64 Å². The highest BCUT2D eigenvalue weighted by Crippen LogP contribution is 2.35. The number of oxazole rings is 1. The number of anilines is 1. The highest BCUT2D eigenvalue weighted by atomic mass is 16.5. The standard InChI is InChI=1S/C23H30N4O3/c1-16-13-26(14-17(2)29-16)15-18-8-10-27(11-9-18)23-20(12-24)25-22(30-23)19-6-4-5-7-21(19)28-3/h4-7,16-18H,8-11,13-15H2,1-3H3. The molecule has 0 aliphatic carbocycles. The number of rotatable bonds is 5. The maximum atomic E-state index is 9.60. The Morgan fingerprint density at radius 1 is 1.17 bits per heavy atom. The number of nitriles is 1. The average Bonchev–Trinajstić information content (AvgIpc) is 3.18. The highest BCUT2D eigenvalue weighted by molar-refractivity contribution is 5.65. The first-order valence-corrected chi connectivity index (χ1v) is 10.7. The lowest BCUT2D eigenvalue weighted by atomic mass is 9.95. The number of hydrogen-bond acceptors (Lipinski definition) is 7. The molecule has 1 aromatic carbocycles. The zero-order chi connectivity index (χ0) is 21.1. The number of piperidine rings is 1. The third kappa shape index (κ3) is 4.45. The monoisotopic (exact) mass is 410 g/mol. The second-order valence-electron chi connectivity index (χ2n) is 8.39. The Bertz CT molecular complexity index is 888. The minimum absolute atomic E-state index is 0.301. The maximum Gasteiger partial charge on any atom is 0.235 e. The topological polar surface area (TPSA) is 74.8 Å². The number of para-hydroxylation sites is 1. The molecule has 2 aromatic rings. The molecular weight excluding hydrogens is 380 g/mol. The van der Waals surface area contributed by atoms with E-state index in [0.29, 0.717) is 41.3 Å². The first-order valence-electron chi connectivity index (χ1n) is 10.7. The van der Waals surface area contributed by atoms with Gasteiger partial charge in [0.15, 0.2) is 0 Å². The summed E-state index contributed by atoms with van der Waals surface area (Å²) in [7, 11) is 1.62. The molecule has 0 N–H and O–H groups in total. The molecule has 2 atom stereocenters. The molecule has 160 valence electrons. The summed E-state index contributed by atoms with van der Waals surface area (Å²) in [6.45, 7) is 9.17. The van der Waals surface area contributed by atoms with Crippen molar-refractivity contribution >= 4 is 5.88 Å². The van der Waals surface area contributed by atoms with Gasteiger partial charge in [-0.15, -0.1) is 0 Å². The molecule has 2 aliphatic rings. The second kappa shape index (κ2) is 9.07. The molecule has 30 heavy (non-hydrogen) atoms. The van der Waals surface area contributed by atoms with Crippen molar-refractivity contribution in [2.75, 3.05) is 44.7 Å². The van der Waals surface area contributed by atoms with Gasteiger partial charge in [0.05, 0.1) is 24.9 Å². The zero-order valence-corrected chi connectivity index (χ0v) is 18.0. The Balaban J connectivity index is 1.42. The van der Waals surface area contributed by atoms with E-state index in [9.17, 15) is 5.26 Å². The van der Waals surface area contributed by atoms with Crippen molar-refractivity contribution in [2.24, 2.45) is 5.92 Å². The van der Waals surface area contributed by atoms with E-state index in [0.717, 1.165) is 51.1 Å². The van der Waals surface area contributed by atoms with Gasteiger partial charge in [-0.05, 0) is 44.7 Å². The molecular formula is C23H30N4O3. The quantitative estimate of drug-likeness (QED) is 0.746. The van der Waals surface area contributed by atoms with Crippen LogP contribution in [0.5, 0.6) is 5.75 Å². The molecule has 2 fully saturated rings. The molecule has 0 bridgehead atoms. The predicted molar refractivity (Wildman–Crippen MR) is 115 cm³/mol. The summed E-state index contributed by atoms with van der Waals surface area (Å²) >= 11 is 0. The Morgan fingerprint density at radius 2 is 1.87 bits per heavy atom. The van der Waals surface area contributed by atoms with Crippen LogP contribution in [0.4, 0.5) is 5.88 Å². The molecule has 0 saturated carbocycles. The number of methoxy groups -OCH3 is 1. The van der Waals surface area contributed by atoms with Crippen LogP contribution in [0, 0.1) is 17.2 Å². The number of aromatic nitrogens is 1. The van der Waals surface area contributed by atoms with Gasteiger partial charge in [0.2, 0.25) is 17.5 Å². The molecule has 7 nitrogen and oxygen atoms in total. The van der Waals surface area contributed by atoms with Crippen molar-refractivity contribution in [1.82, 2.24) is 9.88 Å². The minimum atomic E-state index is 0.301. The summed E-state index contributed by atoms with van der Waals surface area (Å²) in [5.41, 5.74) is 1.10. The highest BCUT2D eigenvalue weighted by Gasteiger charge is 2.29. The van der Waals surface area contributed by atoms with Crippen molar-refractivity contribution in [1.29, 1.82) is 5.26 Å². The van der Waals surface area contributed by atoms with Crippen molar-refractivity contribution in [3.63, 3.8) is 0 Å². The second-order valence-corrected chi connectivity index (χ2v) is 8.39. The Labute approximate surface area is 178 Å². The van der Waals surface area contributed by atoms with Crippen LogP contribution in [0.3, 0.4) is 0 Å². The summed E-state index contributed by atoms with van der Waals surface area (Å²) in [5, 5.41) is 9.60. The van der Waals surface area contributed by atoms with Crippen LogP contribution in [0.15, 0.2) is 28.7 Å². The van der Waals surface area contributed by atoms with Crippen molar-refractivity contribution in [3.8, 4) is 23.3 Å². The summed E-state index contributed by atoms with van der Waals surface area (Å²) < 4.78 is 17.3. The number of benzene rings is 1. The van der Waals surface area contributed by atoms with E-state index >= 15 is 0 Å². The first kappa shape index (κ1) is 20.7. The molecule has 7 heteroatoms. The SMILES string of the molecule is COc1ccccc1-c1nc(C#N)c(N2CCC(CN3CC(C)OC(C)C3)CC2)o1. The fraction of sp³-hybridized carbons (Fsp3) is 0.565. The van der Waals surface area contributed by atoms with E-state index in [4.69, 9.17) is 13.9 Å². The maximum absolute atomic E-state index is 9.60. The summed E-state index contributed by atoms with van der Waals surface area (Å²) in [5.74, 6) is 2.34. The van der Waals surface area contributed by atoms with Crippen molar-refractivity contribution in [2.45, 2.75) is 38.9 Å². The van der Waals surface area contributed by atoms with Gasteiger partial charge in [-0.3, -0.25) is 4.90 Å². The normalized spacial score (nSPS) is 23.3. The average molecular weight is 411 g/mol. The van der Waals surface area contributed by atoms with Crippen LogP contribution in [0.2, 0.25) is 0 Å². The van der Waals surface area contributed by atoms with Crippen LogP contribution >= 0.6 is 0 Å². The number of morpholine rings is 1. The number of ether oxygens (including phenoxy) is 2. The molecule has 3 heterocycles. The summed E-state index contributed by atoms with van der Waals surface area (Å²) in [4.78, 5) is 9.13. The largest absolute Gasteiger partial charge is 0.496 e. The predicted octanol–water partition coefficient (Wildman–Crippen LogP) is 3.55. The van der Waals surface area contributed by atoms with Crippen LogP contribution in [0.25, 0.3) is 11.5 Å². The van der Waals surface area contributed by atoms with Crippen molar-refractivity contribution < 1.29 is 13.9 Å². The van der Waals surface area contributed by atoms with Gasteiger partial charge in [0.25, 0.3) is 0 Å². The van der Waals surface area contributed by atoms with Gasteiger partial charge >= 0.3 is 0 Å². The van der Waals surface area contributed by atoms with Crippen molar-refractivity contribution in [3.05, 3.63) is 30.0 Å².